The van der Waals surface area contributed by atoms with Gasteiger partial charge in [-0.1, -0.05) is 45.4 Å². The highest BCUT2D eigenvalue weighted by molar-refractivity contribution is 8.00. The molecule has 0 aromatic heterocycles. The van der Waals surface area contributed by atoms with Crippen LogP contribution in [-0.4, -0.2) is 23.1 Å². The molecule has 20 heavy (non-hydrogen) atoms. The fourth-order valence-corrected chi connectivity index (χ4v) is 2.89. The van der Waals surface area contributed by atoms with Crippen molar-refractivity contribution >= 4 is 23.4 Å². The molecule has 0 aliphatic heterocycles. The average Bonchev–Trinajstić information content (AvgIpc) is 2.36. The molecule has 0 saturated heterocycles. The van der Waals surface area contributed by atoms with E-state index in [4.69, 9.17) is 11.6 Å². The number of hydrogen-bond acceptors (Lipinski definition) is 2. The van der Waals surface area contributed by atoms with Crippen LogP contribution in [0.15, 0.2) is 18.2 Å². The van der Waals surface area contributed by atoms with Gasteiger partial charge in [0, 0.05) is 16.5 Å². The predicted molar refractivity (Wildman–Crippen MR) is 89.4 cm³/mol. The molecule has 1 unspecified atom stereocenters. The van der Waals surface area contributed by atoms with E-state index in [1.54, 1.807) is 12.1 Å². The summed E-state index contributed by atoms with van der Waals surface area (Å²) in [5.74, 6) is 0.690. The van der Waals surface area contributed by atoms with E-state index in [0.717, 1.165) is 30.7 Å². The summed E-state index contributed by atoms with van der Waals surface area (Å²) in [6.45, 7) is 9.80. The van der Waals surface area contributed by atoms with Crippen LogP contribution in [0.5, 0.6) is 0 Å². The van der Waals surface area contributed by atoms with Crippen molar-refractivity contribution in [1.29, 1.82) is 0 Å². The standard InChI is InChI=1S/C16H25ClFNS/c1-5-8-19-13(11-20-16(2,3)4)9-12-6-7-14(17)15(18)10-12/h6-7,10,13,19H,5,8-9,11H2,1-4H3. The lowest BCUT2D eigenvalue weighted by Gasteiger charge is -2.24. The summed E-state index contributed by atoms with van der Waals surface area (Å²) in [7, 11) is 0. The zero-order valence-electron chi connectivity index (χ0n) is 12.8. The molecule has 1 aromatic rings. The van der Waals surface area contributed by atoms with Gasteiger partial charge in [0.15, 0.2) is 0 Å². The van der Waals surface area contributed by atoms with Gasteiger partial charge in [0.25, 0.3) is 0 Å². The maximum Gasteiger partial charge on any atom is 0.142 e. The minimum atomic E-state index is -0.332. The summed E-state index contributed by atoms with van der Waals surface area (Å²) in [5.41, 5.74) is 0.995. The molecule has 0 heterocycles. The molecule has 1 atom stereocenters. The van der Waals surface area contributed by atoms with E-state index in [2.05, 4.69) is 33.0 Å². The lowest BCUT2D eigenvalue weighted by atomic mass is 10.1. The number of thioether (sulfide) groups is 1. The Morgan fingerprint density at radius 3 is 2.60 bits per heavy atom. The second-order valence-electron chi connectivity index (χ2n) is 6.03. The van der Waals surface area contributed by atoms with Crippen LogP contribution < -0.4 is 5.32 Å². The third kappa shape index (κ3) is 6.96. The molecule has 4 heteroatoms. The maximum absolute atomic E-state index is 13.5. The summed E-state index contributed by atoms with van der Waals surface area (Å²) in [4.78, 5) is 0. The van der Waals surface area contributed by atoms with Gasteiger partial charge >= 0.3 is 0 Å². The molecule has 0 saturated carbocycles. The van der Waals surface area contributed by atoms with E-state index >= 15 is 0 Å². The molecular formula is C16H25ClFNS. The van der Waals surface area contributed by atoms with Crippen LogP contribution in [0.1, 0.15) is 39.7 Å². The Kier molecular flexibility index (Phi) is 7.35. The Hall–Kier alpha value is -0.250. The van der Waals surface area contributed by atoms with Gasteiger partial charge in [-0.3, -0.25) is 0 Å². The highest BCUT2D eigenvalue weighted by Crippen LogP contribution is 2.25. The third-order valence-corrected chi connectivity index (χ3v) is 4.61. The van der Waals surface area contributed by atoms with E-state index in [0.29, 0.717) is 6.04 Å². The van der Waals surface area contributed by atoms with Crippen LogP contribution in [0.25, 0.3) is 0 Å². The first-order chi connectivity index (χ1) is 9.31. The SMILES string of the molecule is CCCNC(CSC(C)(C)C)Cc1ccc(Cl)c(F)c1. The van der Waals surface area contributed by atoms with Gasteiger partial charge in [0.1, 0.15) is 5.82 Å². The van der Waals surface area contributed by atoms with Gasteiger partial charge in [0.2, 0.25) is 0 Å². The van der Waals surface area contributed by atoms with Crippen LogP contribution in [0, 0.1) is 5.82 Å². The van der Waals surface area contributed by atoms with E-state index in [1.165, 1.54) is 0 Å². The fraction of sp³-hybridized carbons (Fsp3) is 0.625. The molecule has 114 valence electrons. The Balaban J connectivity index is 2.65. The lowest BCUT2D eigenvalue weighted by molar-refractivity contribution is 0.546. The minimum absolute atomic E-state index is 0.191. The number of benzene rings is 1. The first-order valence-corrected chi connectivity index (χ1v) is 8.49. The van der Waals surface area contributed by atoms with Crippen molar-refractivity contribution in [3.63, 3.8) is 0 Å². The summed E-state index contributed by atoms with van der Waals surface area (Å²) >= 11 is 7.66. The molecule has 1 N–H and O–H groups in total. The molecule has 0 aliphatic rings. The first-order valence-electron chi connectivity index (χ1n) is 7.13. The van der Waals surface area contributed by atoms with Crippen molar-refractivity contribution in [2.45, 2.75) is 51.3 Å². The Morgan fingerprint density at radius 2 is 2.05 bits per heavy atom. The molecule has 0 fully saturated rings. The molecule has 0 amide bonds. The highest BCUT2D eigenvalue weighted by Gasteiger charge is 2.16. The van der Waals surface area contributed by atoms with Gasteiger partial charge in [0.05, 0.1) is 5.02 Å². The van der Waals surface area contributed by atoms with E-state index in [9.17, 15) is 4.39 Å². The average molecular weight is 318 g/mol. The highest BCUT2D eigenvalue weighted by atomic mass is 35.5. The molecule has 0 radical (unpaired) electrons. The zero-order valence-corrected chi connectivity index (χ0v) is 14.4. The summed E-state index contributed by atoms with van der Waals surface area (Å²) < 4.78 is 13.7. The zero-order chi connectivity index (χ0) is 15.2. The minimum Gasteiger partial charge on any atom is -0.313 e. The maximum atomic E-state index is 13.5. The molecule has 0 spiro atoms. The number of hydrogen-bond donors (Lipinski definition) is 1. The normalized spacial score (nSPS) is 13.5. The summed E-state index contributed by atoms with van der Waals surface area (Å²) in [6, 6.07) is 5.46. The smallest absolute Gasteiger partial charge is 0.142 e. The van der Waals surface area contributed by atoms with Crippen molar-refractivity contribution < 1.29 is 4.39 Å². The molecule has 1 aromatic carbocycles. The lowest BCUT2D eigenvalue weighted by Crippen LogP contribution is -2.35. The van der Waals surface area contributed by atoms with Crippen LogP contribution in [0.3, 0.4) is 0 Å². The van der Waals surface area contributed by atoms with Crippen LogP contribution in [0.4, 0.5) is 4.39 Å². The number of rotatable bonds is 7. The van der Waals surface area contributed by atoms with Gasteiger partial charge < -0.3 is 5.32 Å². The van der Waals surface area contributed by atoms with Crippen LogP contribution in [-0.2, 0) is 6.42 Å². The second kappa shape index (κ2) is 8.26. The van der Waals surface area contributed by atoms with Gasteiger partial charge in [-0.2, -0.15) is 11.8 Å². The van der Waals surface area contributed by atoms with Crippen molar-refractivity contribution in [2.24, 2.45) is 0 Å². The third-order valence-electron chi connectivity index (χ3n) is 2.87. The van der Waals surface area contributed by atoms with Crippen LogP contribution >= 0.6 is 23.4 Å². The predicted octanol–water partition coefficient (Wildman–Crippen LogP) is 4.92. The summed E-state index contributed by atoms with van der Waals surface area (Å²) in [5, 5.41) is 3.74. The van der Waals surface area contributed by atoms with E-state index in [-0.39, 0.29) is 15.6 Å². The van der Waals surface area contributed by atoms with Crippen molar-refractivity contribution in [1.82, 2.24) is 5.32 Å². The Labute approximate surface area is 131 Å². The molecule has 1 rings (SSSR count). The molecular weight excluding hydrogens is 293 g/mol. The summed E-state index contributed by atoms with van der Waals surface area (Å²) in [6.07, 6.45) is 1.93. The monoisotopic (exact) mass is 317 g/mol. The topological polar surface area (TPSA) is 12.0 Å². The van der Waals surface area contributed by atoms with E-state index in [1.807, 2.05) is 17.8 Å². The van der Waals surface area contributed by atoms with Crippen molar-refractivity contribution in [2.75, 3.05) is 12.3 Å². The first kappa shape index (κ1) is 17.8. The van der Waals surface area contributed by atoms with Gasteiger partial charge in [-0.05, 0) is 37.1 Å². The van der Waals surface area contributed by atoms with Gasteiger partial charge in [-0.15, -0.1) is 0 Å². The largest absolute Gasteiger partial charge is 0.313 e. The van der Waals surface area contributed by atoms with Crippen molar-refractivity contribution in [3.8, 4) is 0 Å². The quantitative estimate of drug-likeness (QED) is 0.766. The molecule has 0 bridgehead atoms. The fourth-order valence-electron chi connectivity index (χ4n) is 1.84. The van der Waals surface area contributed by atoms with Gasteiger partial charge in [-0.25, -0.2) is 4.39 Å². The Morgan fingerprint density at radius 1 is 1.35 bits per heavy atom. The number of nitrogens with one attached hydrogen (secondary N) is 1. The van der Waals surface area contributed by atoms with Crippen molar-refractivity contribution in [3.05, 3.63) is 34.6 Å². The molecule has 1 nitrogen and oxygen atoms in total. The number of halogens is 2. The second-order valence-corrected chi connectivity index (χ2v) is 8.28. The Bertz CT molecular complexity index is 417. The molecule has 0 aliphatic carbocycles. The van der Waals surface area contributed by atoms with E-state index < -0.39 is 0 Å². The van der Waals surface area contributed by atoms with Crippen LogP contribution in [0.2, 0.25) is 5.02 Å².